The minimum Gasteiger partial charge on any atom is -0.455 e. The van der Waals surface area contributed by atoms with Crippen LogP contribution in [0.4, 0.5) is 17.1 Å². The normalized spacial score (nSPS) is 11.8. The van der Waals surface area contributed by atoms with Gasteiger partial charge in [-0.25, -0.2) is 0 Å². The van der Waals surface area contributed by atoms with Gasteiger partial charge in [0.2, 0.25) is 0 Å². The summed E-state index contributed by atoms with van der Waals surface area (Å²) < 4.78 is 8.96. The van der Waals surface area contributed by atoms with Gasteiger partial charge in [0.15, 0.2) is 0 Å². The Bertz CT molecular complexity index is 3860. The predicted octanol–water partition coefficient (Wildman–Crippen LogP) is 16.9. The molecule has 13 aromatic rings. The quantitative estimate of drug-likeness (QED) is 0.156. The molecule has 0 saturated heterocycles. The molecule has 0 aliphatic carbocycles. The van der Waals surface area contributed by atoms with Gasteiger partial charge in [0, 0.05) is 49.4 Å². The van der Waals surface area contributed by atoms with Crippen molar-refractivity contribution in [2.75, 3.05) is 4.90 Å². The lowest BCUT2D eigenvalue weighted by Gasteiger charge is -2.28. The third-order valence-corrected chi connectivity index (χ3v) is 13.0. The van der Waals surface area contributed by atoms with E-state index in [1.165, 1.54) is 54.3 Å². The second kappa shape index (κ2) is 14.1. The minimum absolute atomic E-state index is 0.896. The van der Waals surface area contributed by atoms with E-state index in [-0.39, 0.29) is 0 Å². The molecule has 2 heterocycles. The van der Waals surface area contributed by atoms with Gasteiger partial charge in [-0.2, -0.15) is 0 Å². The number of benzene rings is 11. The maximum absolute atomic E-state index is 6.57. The lowest BCUT2D eigenvalue weighted by Crippen LogP contribution is -2.10. The summed E-state index contributed by atoms with van der Waals surface area (Å²) in [6, 6.07) is 83.5. The molecule has 0 atom stereocenters. The van der Waals surface area contributed by atoms with Crippen LogP contribution >= 0.6 is 0 Å². The Hall–Kier alpha value is -8.40. The lowest BCUT2D eigenvalue weighted by molar-refractivity contribution is 0.673. The molecule has 0 aliphatic rings. The van der Waals surface area contributed by atoms with Gasteiger partial charge >= 0.3 is 0 Å². The van der Waals surface area contributed by atoms with Crippen molar-refractivity contribution in [1.29, 1.82) is 0 Å². The first-order chi connectivity index (χ1) is 31.2. The molecule has 0 saturated carbocycles. The Morgan fingerprint density at radius 1 is 0.349 bits per heavy atom. The van der Waals surface area contributed by atoms with E-state index >= 15 is 0 Å². The Kier molecular flexibility index (Phi) is 7.91. The number of hydrogen-bond donors (Lipinski definition) is 0. The summed E-state index contributed by atoms with van der Waals surface area (Å²) in [4.78, 5) is 2.41. The van der Waals surface area contributed by atoms with E-state index in [4.69, 9.17) is 4.42 Å². The van der Waals surface area contributed by atoms with Crippen LogP contribution in [-0.2, 0) is 0 Å². The van der Waals surface area contributed by atoms with Crippen LogP contribution in [0, 0.1) is 0 Å². The van der Waals surface area contributed by atoms with Gasteiger partial charge in [-0.05, 0) is 111 Å². The fourth-order valence-electron chi connectivity index (χ4n) is 10.1. The fraction of sp³-hybridized carbons (Fsp3) is 0. The largest absolute Gasteiger partial charge is 0.455 e. The summed E-state index contributed by atoms with van der Waals surface area (Å²) in [5.74, 6) is 0. The second-order valence-electron chi connectivity index (χ2n) is 16.5. The average Bonchev–Trinajstić information content (AvgIpc) is 3.91. The van der Waals surface area contributed by atoms with E-state index in [1.807, 2.05) is 0 Å². The molecule has 0 unspecified atom stereocenters. The smallest absolute Gasteiger partial charge is 0.143 e. The van der Waals surface area contributed by atoms with Crippen molar-refractivity contribution in [1.82, 2.24) is 4.57 Å². The van der Waals surface area contributed by atoms with Crippen LogP contribution in [0.1, 0.15) is 0 Å². The third kappa shape index (κ3) is 5.60. The molecule has 0 bridgehead atoms. The van der Waals surface area contributed by atoms with Crippen molar-refractivity contribution in [2.24, 2.45) is 0 Å². The number of para-hydroxylation sites is 2. The van der Waals surface area contributed by atoms with E-state index in [0.29, 0.717) is 0 Å². The summed E-state index contributed by atoms with van der Waals surface area (Å²) in [7, 11) is 0. The molecule has 11 aromatic carbocycles. The molecular weight excluding hydrogens is 765 g/mol. The number of anilines is 3. The van der Waals surface area contributed by atoms with Crippen molar-refractivity contribution in [3.63, 3.8) is 0 Å². The molecule has 294 valence electrons. The molecule has 0 amide bonds. The van der Waals surface area contributed by atoms with Gasteiger partial charge in [-0.1, -0.05) is 164 Å². The average molecular weight is 803 g/mol. The fourth-order valence-corrected chi connectivity index (χ4v) is 10.1. The first kappa shape index (κ1) is 35.4. The molecule has 0 aliphatic heterocycles. The lowest BCUT2D eigenvalue weighted by atomic mass is 9.97. The van der Waals surface area contributed by atoms with Gasteiger partial charge in [-0.3, -0.25) is 0 Å². The van der Waals surface area contributed by atoms with Crippen LogP contribution in [0.25, 0.3) is 104 Å². The summed E-state index contributed by atoms with van der Waals surface area (Å²) in [5, 5.41) is 12.0. The maximum Gasteiger partial charge on any atom is 0.143 e. The van der Waals surface area contributed by atoms with Crippen LogP contribution < -0.4 is 4.90 Å². The van der Waals surface area contributed by atoms with Crippen molar-refractivity contribution < 1.29 is 4.42 Å². The van der Waals surface area contributed by atoms with Crippen LogP contribution in [0.15, 0.2) is 235 Å². The first-order valence-corrected chi connectivity index (χ1v) is 21.6. The van der Waals surface area contributed by atoms with E-state index in [0.717, 1.165) is 66.8 Å². The molecule has 0 spiro atoms. The molecule has 3 heteroatoms. The van der Waals surface area contributed by atoms with Crippen molar-refractivity contribution >= 4 is 93.1 Å². The predicted molar refractivity (Wildman–Crippen MR) is 266 cm³/mol. The van der Waals surface area contributed by atoms with Crippen LogP contribution in [0.5, 0.6) is 0 Å². The molecular formula is C60H38N2O. The maximum atomic E-state index is 6.57. The zero-order valence-electron chi connectivity index (χ0n) is 34.2. The van der Waals surface area contributed by atoms with E-state index in [2.05, 4.69) is 240 Å². The van der Waals surface area contributed by atoms with Crippen molar-refractivity contribution in [3.8, 4) is 27.9 Å². The molecule has 63 heavy (non-hydrogen) atoms. The van der Waals surface area contributed by atoms with Gasteiger partial charge in [0.1, 0.15) is 11.2 Å². The van der Waals surface area contributed by atoms with Gasteiger partial charge < -0.3 is 13.9 Å². The topological polar surface area (TPSA) is 21.3 Å². The Labute approximate surface area is 363 Å². The summed E-state index contributed by atoms with van der Waals surface area (Å²) >= 11 is 0. The van der Waals surface area contributed by atoms with Crippen molar-refractivity contribution in [2.45, 2.75) is 0 Å². The summed E-state index contributed by atoms with van der Waals surface area (Å²) in [6.07, 6.45) is 0. The number of furan rings is 1. The monoisotopic (exact) mass is 802 g/mol. The highest BCUT2D eigenvalue weighted by atomic mass is 16.3. The zero-order valence-corrected chi connectivity index (χ0v) is 34.2. The Balaban J connectivity index is 0.941. The van der Waals surface area contributed by atoms with Gasteiger partial charge in [0.25, 0.3) is 0 Å². The minimum atomic E-state index is 0.896. The molecule has 0 radical (unpaired) electrons. The highest BCUT2D eigenvalue weighted by Gasteiger charge is 2.20. The highest BCUT2D eigenvalue weighted by Crippen LogP contribution is 2.45. The standard InChI is InChI=1S/C60H38N2O/c1-4-18-49-40(13-1)31-36-54-59-48(23-12-26-58(59)63-60(49)54)41-29-34-45(35-30-41)61(57-38-43-14-2-3-17-47(43)50-19-5-6-20-51(50)57)44-32-27-39(28-33-44)42-15-11-16-46(37-42)62-55-24-9-7-21-52(55)53-22-8-10-25-56(53)62/h1-38H. The number of rotatable bonds is 6. The third-order valence-electron chi connectivity index (χ3n) is 13.0. The molecule has 0 N–H and O–H groups in total. The summed E-state index contributed by atoms with van der Waals surface area (Å²) in [6.45, 7) is 0. The molecule has 2 aromatic heterocycles. The number of hydrogen-bond acceptors (Lipinski definition) is 2. The van der Waals surface area contributed by atoms with Crippen molar-refractivity contribution in [3.05, 3.63) is 231 Å². The Morgan fingerprint density at radius 2 is 0.937 bits per heavy atom. The van der Waals surface area contributed by atoms with E-state index < -0.39 is 0 Å². The SMILES string of the molecule is c1cc(-c2ccc(N(c3ccc(-c4cccc5oc6c7ccccc7ccc6c45)cc3)c3cc4ccccc4c4ccccc34)cc2)cc(-n2c3ccccc3c3ccccc32)c1. The molecule has 3 nitrogen and oxygen atoms in total. The van der Waals surface area contributed by atoms with E-state index in [1.54, 1.807) is 0 Å². The van der Waals surface area contributed by atoms with Crippen LogP contribution in [0.2, 0.25) is 0 Å². The number of nitrogens with zero attached hydrogens (tertiary/aromatic N) is 2. The Morgan fingerprint density at radius 3 is 1.67 bits per heavy atom. The second-order valence-corrected chi connectivity index (χ2v) is 16.5. The molecule has 0 fully saturated rings. The number of fused-ring (bicyclic) bond motifs is 11. The van der Waals surface area contributed by atoms with Crippen LogP contribution in [-0.4, -0.2) is 4.57 Å². The van der Waals surface area contributed by atoms with Gasteiger partial charge in [0.05, 0.1) is 16.7 Å². The van der Waals surface area contributed by atoms with E-state index in [9.17, 15) is 0 Å². The highest BCUT2D eigenvalue weighted by molar-refractivity contribution is 6.19. The zero-order chi connectivity index (χ0) is 41.4. The summed E-state index contributed by atoms with van der Waals surface area (Å²) in [5.41, 5.74) is 13.3. The molecule has 13 rings (SSSR count). The first-order valence-electron chi connectivity index (χ1n) is 21.6. The van der Waals surface area contributed by atoms with Crippen LogP contribution in [0.3, 0.4) is 0 Å². The van der Waals surface area contributed by atoms with Gasteiger partial charge in [-0.15, -0.1) is 0 Å². The number of aromatic nitrogens is 1.